The predicted molar refractivity (Wildman–Crippen MR) is 302 cm³/mol. The zero-order chi connectivity index (χ0) is 50.7. The van der Waals surface area contributed by atoms with E-state index in [2.05, 4.69) is 69.4 Å². The second-order valence-corrected chi connectivity index (χ2v) is 20.6. The normalized spacial score (nSPS) is 12.3. The van der Waals surface area contributed by atoms with Gasteiger partial charge in [-0.25, -0.2) is 0 Å². The van der Waals surface area contributed by atoms with E-state index in [0.717, 1.165) is 89.9 Å². The number of hydrogen-bond donors (Lipinski definition) is 0. The van der Waals surface area contributed by atoms with E-state index >= 15 is 0 Å². The minimum absolute atomic E-state index is 0.0706. The highest BCUT2D eigenvalue weighted by Gasteiger charge is 2.19. The summed E-state index contributed by atoms with van der Waals surface area (Å²) in [5.41, 5.74) is 0. The van der Waals surface area contributed by atoms with Crippen molar-refractivity contribution in [1.29, 1.82) is 0 Å². The maximum atomic E-state index is 12.9. The molecule has 0 aliphatic heterocycles. The summed E-state index contributed by atoms with van der Waals surface area (Å²) in [6.07, 6.45) is 72.5. The van der Waals surface area contributed by atoms with Crippen LogP contribution < -0.4 is 0 Å². The number of hydrogen-bond acceptors (Lipinski definition) is 6. The van der Waals surface area contributed by atoms with Crippen LogP contribution in [-0.4, -0.2) is 37.2 Å². The van der Waals surface area contributed by atoms with Crippen LogP contribution in [0.25, 0.3) is 0 Å². The standard InChI is InChI=1S/C64H116O6/c1-4-7-10-13-16-19-22-25-27-29-31-32-33-35-36-39-42-45-48-51-54-57-63(66)69-60-61(59-68-62(65)56-53-50-47-44-41-38-24-21-18-15-12-9-6-3)70-64(67)58-55-52-49-46-43-40-37-34-30-28-26-23-20-17-14-11-8-5-2/h7,10,16,19,25,27,31-32,61H,4-6,8-9,11-15,17-18,20-24,26,28-30,33-60H2,1-3H3/b10-7-,19-16-,27-25-,32-31-. The molecule has 408 valence electrons. The van der Waals surface area contributed by atoms with E-state index in [4.69, 9.17) is 14.2 Å². The largest absolute Gasteiger partial charge is 0.462 e. The first-order valence-corrected chi connectivity index (χ1v) is 30.6. The molecule has 6 nitrogen and oxygen atoms in total. The van der Waals surface area contributed by atoms with Crippen LogP contribution in [0.5, 0.6) is 0 Å². The topological polar surface area (TPSA) is 78.9 Å². The third-order valence-electron chi connectivity index (χ3n) is 13.6. The average molecular weight is 982 g/mol. The van der Waals surface area contributed by atoms with Gasteiger partial charge in [0.1, 0.15) is 13.2 Å². The average Bonchev–Trinajstić information content (AvgIpc) is 3.36. The van der Waals surface area contributed by atoms with E-state index in [0.29, 0.717) is 19.3 Å². The summed E-state index contributed by atoms with van der Waals surface area (Å²) in [6, 6.07) is 0. The Balaban J connectivity index is 4.32. The smallest absolute Gasteiger partial charge is 0.306 e. The molecule has 70 heavy (non-hydrogen) atoms. The fraction of sp³-hybridized carbons (Fsp3) is 0.828. The monoisotopic (exact) mass is 981 g/mol. The molecule has 0 saturated carbocycles. The lowest BCUT2D eigenvalue weighted by molar-refractivity contribution is -0.167. The van der Waals surface area contributed by atoms with Crippen LogP contribution in [0.1, 0.15) is 323 Å². The molecular weight excluding hydrogens is 865 g/mol. The summed E-state index contributed by atoms with van der Waals surface area (Å²) in [5.74, 6) is -0.858. The van der Waals surface area contributed by atoms with Gasteiger partial charge in [-0.2, -0.15) is 0 Å². The molecule has 0 amide bonds. The Kier molecular flexibility index (Phi) is 56.7. The van der Waals surface area contributed by atoms with Crippen molar-refractivity contribution in [1.82, 2.24) is 0 Å². The summed E-state index contributed by atoms with van der Waals surface area (Å²) in [7, 11) is 0. The molecule has 0 aromatic rings. The molecule has 0 aliphatic carbocycles. The van der Waals surface area contributed by atoms with Crippen molar-refractivity contribution in [3.8, 4) is 0 Å². The Bertz CT molecular complexity index is 1220. The molecule has 6 heteroatoms. The van der Waals surface area contributed by atoms with Crippen LogP contribution in [0.4, 0.5) is 0 Å². The number of ether oxygens (including phenoxy) is 3. The molecule has 1 atom stereocenters. The van der Waals surface area contributed by atoms with Gasteiger partial charge in [0.2, 0.25) is 0 Å². The minimum Gasteiger partial charge on any atom is -0.462 e. The van der Waals surface area contributed by atoms with E-state index in [-0.39, 0.29) is 31.1 Å². The van der Waals surface area contributed by atoms with E-state index in [1.165, 1.54) is 193 Å². The third kappa shape index (κ3) is 56.3. The van der Waals surface area contributed by atoms with E-state index in [9.17, 15) is 14.4 Å². The molecule has 0 aromatic heterocycles. The first-order chi connectivity index (χ1) is 34.5. The van der Waals surface area contributed by atoms with E-state index < -0.39 is 6.10 Å². The SMILES string of the molecule is CC/C=C\C/C=C\C/C=C\C/C=C\CCCCCCCCCCC(=O)OCC(COC(=O)CCCCCCCCCCCCCCC)OC(=O)CCCCCCCCCCCCCCCCCCCC. The van der Waals surface area contributed by atoms with Crippen molar-refractivity contribution < 1.29 is 28.6 Å². The van der Waals surface area contributed by atoms with Crippen LogP contribution in [-0.2, 0) is 28.6 Å². The molecule has 0 aliphatic rings. The van der Waals surface area contributed by atoms with Gasteiger partial charge in [-0.3, -0.25) is 14.4 Å². The predicted octanol–water partition coefficient (Wildman–Crippen LogP) is 20.6. The Morgan fingerprint density at radius 3 is 0.871 bits per heavy atom. The Morgan fingerprint density at radius 1 is 0.300 bits per heavy atom. The summed E-state index contributed by atoms with van der Waals surface area (Å²) in [4.78, 5) is 38.2. The van der Waals surface area contributed by atoms with Gasteiger partial charge < -0.3 is 14.2 Å². The van der Waals surface area contributed by atoms with Crippen molar-refractivity contribution in [2.75, 3.05) is 13.2 Å². The van der Waals surface area contributed by atoms with Crippen LogP contribution in [0.3, 0.4) is 0 Å². The maximum Gasteiger partial charge on any atom is 0.306 e. The number of carbonyl (C=O) groups excluding carboxylic acids is 3. The van der Waals surface area contributed by atoms with E-state index in [1.807, 2.05) is 0 Å². The lowest BCUT2D eigenvalue weighted by Crippen LogP contribution is -2.30. The van der Waals surface area contributed by atoms with Crippen LogP contribution in [0.15, 0.2) is 48.6 Å². The molecule has 0 spiro atoms. The molecule has 0 rings (SSSR count). The first-order valence-electron chi connectivity index (χ1n) is 30.6. The van der Waals surface area contributed by atoms with Gasteiger partial charge in [-0.1, -0.05) is 294 Å². The Hall–Kier alpha value is -2.63. The van der Waals surface area contributed by atoms with Gasteiger partial charge >= 0.3 is 17.9 Å². The van der Waals surface area contributed by atoms with Crippen molar-refractivity contribution in [3.05, 3.63) is 48.6 Å². The summed E-state index contributed by atoms with van der Waals surface area (Å²) < 4.78 is 16.9. The Labute approximate surface area is 435 Å². The van der Waals surface area contributed by atoms with Gasteiger partial charge in [0.15, 0.2) is 6.10 Å². The molecule has 0 heterocycles. The zero-order valence-corrected chi connectivity index (χ0v) is 46.8. The summed E-state index contributed by atoms with van der Waals surface area (Å²) in [5, 5.41) is 0. The molecular formula is C64H116O6. The highest BCUT2D eigenvalue weighted by molar-refractivity contribution is 5.71. The van der Waals surface area contributed by atoms with Crippen molar-refractivity contribution in [2.24, 2.45) is 0 Å². The number of carbonyl (C=O) groups is 3. The van der Waals surface area contributed by atoms with E-state index in [1.54, 1.807) is 0 Å². The van der Waals surface area contributed by atoms with Crippen LogP contribution >= 0.6 is 0 Å². The number of rotatable bonds is 56. The fourth-order valence-corrected chi connectivity index (χ4v) is 9.02. The highest BCUT2D eigenvalue weighted by Crippen LogP contribution is 2.17. The van der Waals surface area contributed by atoms with Crippen molar-refractivity contribution >= 4 is 17.9 Å². The maximum absolute atomic E-state index is 12.9. The Morgan fingerprint density at radius 2 is 0.557 bits per heavy atom. The quantitative estimate of drug-likeness (QED) is 0.0261. The van der Waals surface area contributed by atoms with Gasteiger partial charge in [-0.15, -0.1) is 0 Å². The highest BCUT2D eigenvalue weighted by atomic mass is 16.6. The molecule has 0 fully saturated rings. The number of allylic oxidation sites excluding steroid dienone is 8. The molecule has 0 bridgehead atoms. The minimum atomic E-state index is -0.773. The van der Waals surface area contributed by atoms with Crippen LogP contribution in [0.2, 0.25) is 0 Å². The molecule has 0 radical (unpaired) electrons. The number of unbranched alkanes of at least 4 members (excludes halogenated alkanes) is 37. The second kappa shape index (κ2) is 58.9. The zero-order valence-electron chi connectivity index (χ0n) is 46.8. The van der Waals surface area contributed by atoms with Gasteiger partial charge in [0, 0.05) is 19.3 Å². The molecule has 0 aromatic carbocycles. The second-order valence-electron chi connectivity index (χ2n) is 20.6. The lowest BCUT2D eigenvalue weighted by atomic mass is 10.0. The summed E-state index contributed by atoms with van der Waals surface area (Å²) in [6.45, 7) is 6.57. The van der Waals surface area contributed by atoms with Crippen molar-refractivity contribution in [2.45, 2.75) is 329 Å². The molecule has 0 saturated heterocycles. The van der Waals surface area contributed by atoms with Gasteiger partial charge in [0.25, 0.3) is 0 Å². The lowest BCUT2D eigenvalue weighted by Gasteiger charge is -2.18. The molecule has 1 unspecified atom stereocenters. The molecule has 0 N–H and O–H groups in total. The fourth-order valence-electron chi connectivity index (χ4n) is 9.02. The summed E-state index contributed by atoms with van der Waals surface area (Å²) >= 11 is 0. The van der Waals surface area contributed by atoms with Gasteiger partial charge in [-0.05, 0) is 57.8 Å². The van der Waals surface area contributed by atoms with Crippen molar-refractivity contribution in [3.63, 3.8) is 0 Å². The van der Waals surface area contributed by atoms with Gasteiger partial charge in [0.05, 0.1) is 0 Å². The first kappa shape index (κ1) is 67.4. The van der Waals surface area contributed by atoms with Crippen LogP contribution in [0, 0.1) is 0 Å². The third-order valence-corrected chi connectivity index (χ3v) is 13.6. The number of esters is 3.